The first-order valence-electron chi connectivity index (χ1n) is 10.4. The summed E-state index contributed by atoms with van der Waals surface area (Å²) >= 11 is 1.66. The number of aromatic nitrogens is 5. The van der Waals surface area contributed by atoms with Crippen LogP contribution >= 0.6 is 11.3 Å². The maximum Gasteiger partial charge on any atom is 0.409 e. The van der Waals surface area contributed by atoms with Crippen LogP contribution in [-0.2, 0) is 11.3 Å². The molecule has 0 radical (unpaired) electrons. The largest absolute Gasteiger partial charge is 0.487 e. The third-order valence-electron chi connectivity index (χ3n) is 5.05. The number of hydrogen-bond acceptors (Lipinski definition) is 8. The summed E-state index contributed by atoms with van der Waals surface area (Å²) < 4.78 is 12.8. The number of tetrazole rings is 1. The van der Waals surface area contributed by atoms with E-state index in [0.717, 1.165) is 35.0 Å². The van der Waals surface area contributed by atoms with Crippen LogP contribution in [0.1, 0.15) is 43.3 Å². The maximum absolute atomic E-state index is 12.1. The van der Waals surface area contributed by atoms with E-state index in [1.165, 1.54) is 0 Å². The Bertz CT molecular complexity index is 965. The van der Waals surface area contributed by atoms with Gasteiger partial charge >= 0.3 is 6.09 Å². The molecule has 0 atom stereocenters. The van der Waals surface area contributed by atoms with Gasteiger partial charge in [-0.15, -0.1) is 16.4 Å². The van der Waals surface area contributed by atoms with Crippen LogP contribution in [-0.4, -0.2) is 55.9 Å². The Hall–Kier alpha value is -3.01. The van der Waals surface area contributed by atoms with Gasteiger partial charge in [0, 0.05) is 24.4 Å². The van der Waals surface area contributed by atoms with Crippen molar-refractivity contribution in [2.45, 2.75) is 39.2 Å². The van der Waals surface area contributed by atoms with Gasteiger partial charge in [-0.3, -0.25) is 0 Å². The van der Waals surface area contributed by atoms with Crippen LogP contribution in [0, 0.1) is 5.92 Å². The van der Waals surface area contributed by atoms with Crippen LogP contribution in [0.3, 0.4) is 0 Å². The zero-order valence-corrected chi connectivity index (χ0v) is 18.5. The number of carbonyl (C=O) groups excluding carboxylic acids is 1. The van der Waals surface area contributed by atoms with E-state index in [0.29, 0.717) is 38.1 Å². The van der Waals surface area contributed by atoms with Gasteiger partial charge in [-0.2, -0.15) is 0 Å². The Labute approximate surface area is 185 Å². The number of thiazole rings is 1. The summed E-state index contributed by atoms with van der Waals surface area (Å²) in [6.07, 6.45) is 3.16. The van der Waals surface area contributed by atoms with Crippen LogP contribution in [0.2, 0.25) is 0 Å². The van der Waals surface area contributed by atoms with Crippen LogP contribution in [0.4, 0.5) is 4.79 Å². The number of benzene rings is 1. The zero-order valence-electron chi connectivity index (χ0n) is 17.7. The van der Waals surface area contributed by atoms with E-state index in [1.807, 2.05) is 43.5 Å². The van der Waals surface area contributed by atoms with Crippen molar-refractivity contribution in [3.05, 3.63) is 46.7 Å². The van der Waals surface area contributed by atoms with Gasteiger partial charge in [0.1, 0.15) is 18.7 Å². The predicted molar refractivity (Wildman–Crippen MR) is 115 cm³/mol. The quantitative estimate of drug-likeness (QED) is 0.551. The van der Waals surface area contributed by atoms with E-state index >= 15 is 0 Å². The molecule has 0 bridgehead atoms. The summed E-state index contributed by atoms with van der Waals surface area (Å²) in [5.74, 6) is 1.49. The molecule has 0 unspecified atom stereocenters. The number of amides is 1. The van der Waals surface area contributed by atoms with Crippen molar-refractivity contribution in [2.24, 2.45) is 5.92 Å². The fourth-order valence-electron chi connectivity index (χ4n) is 3.35. The first kappa shape index (κ1) is 21.2. The minimum Gasteiger partial charge on any atom is -0.487 e. The Morgan fingerprint density at radius 2 is 2.00 bits per heavy atom. The lowest BCUT2D eigenvalue weighted by Gasteiger charge is -2.30. The van der Waals surface area contributed by atoms with E-state index in [2.05, 4.69) is 15.5 Å². The molecule has 1 fully saturated rings. The molecule has 1 aliphatic heterocycles. The maximum atomic E-state index is 12.1. The molecule has 164 valence electrons. The van der Waals surface area contributed by atoms with E-state index in [-0.39, 0.29) is 6.09 Å². The van der Waals surface area contributed by atoms with Gasteiger partial charge < -0.3 is 14.4 Å². The Morgan fingerprint density at radius 1 is 1.23 bits per heavy atom. The van der Waals surface area contributed by atoms with Gasteiger partial charge in [0.15, 0.2) is 0 Å². The highest BCUT2D eigenvalue weighted by Gasteiger charge is 2.26. The first-order valence-corrected chi connectivity index (χ1v) is 11.3. The molecule has 3 aromatic rings. The summed E-state index contributed by atoms with van der Waals surface area (Å²) in [5.41, 5.74) is 1.79. The van der Waals surface area contributed by atoms with E-state index < -0.39 is 0 Å². The van der Waals surface area contributed by atoms with Crippen LogP contribution in [0.5, 0.6) is 5.75 Å². The third-order valence-corrected chi connectivity index (χ3v) is 6.11. The second-order valence-corrected chi connectivity index (χ2v) is 8.84. The summed E-state index contributed by atoms with van der Waals surface area (Å²) in [6, 6.07) is 7.58. The number of rotatable bonds is 7. The van der Waals surface area contributed by atoms with Crippen molar-refractivity contribution in [1.29, 1.82) is 0 Å². The van der Waals surface area contributed by atoms with Crippen molar-refractivity contribution in [2.75, 3.05) is 19.7 Å². The minimum absolute atomic E-state index is 0.202. The highest BCUT2D eigenvalue weighted by atomic mass is 32.1. The Balaban J connectivity index is 1.25. The lowest BCUT2D eigenvalue weighted by molar-refractivity contribution is 0.0834. The predicted octanol–water partition coefficient (Wildman–Crippen LogP) is 3.67. The molecule has 1 saturated heterocycles. The number of likely N-dealkylation sites (tertiary alicyclic amines) is 1. The number of piperidine rings is 1. The molecule has 1 aliphatic rings. The van der Waals surface area contributed by atoms with Crippen LogP contribution in [0.25, 0.3) is 5.69 Å². The minimum atomic E-state index is -0.202. The monoisotopic (exact) mass is 442 g/mol. The molecule has 31 heavy (non-hydrogen) atoms. The van der Waals surface area contributed by atoms with Gasteiger partial charge in [-0.05, 0) is 53.5 Å². The second kappa shape index (κ2) is 9.86. The summed E-state index contributed by atoms with van der Waals surface area (Å²) in [5, 5.41) is 14.3. The molecule has 1 amide bonds. The van der Waals surface area contributed by atoms with Crippen molar-refractivity contribution in [3.8, 4) is 11.4 Å². The smallest absolute Gasteiger partial charge is 0.409 e. The van der Waals surface area contributed by atoms with Crippen molar-refractivity contribution < 1.29 is 14.3 Å². The van der Waals surface area contributed by atoms with Crippen molar-refractivity contribution >= 4 is 17.4 Å². The molecule has 4 rings (SSSR count). The molecule has 0 N–H and O–H groups in total. The Morgan fingerprint density at radius 3 is 2.68 bits per heavy atom. The average molecular weight is 443 g/mol. The standard InChI is InChI=1S/C21H26N6O3S/c1-15(2)11-30-21(28)26-9-7-16(8-10-26)20-23-17(13-31-20)12-29-19-5-3-18(4-6-19)27-14-22-24-25-27/h3-6,13-16H,7-12H2,1-2H3. The van der Waals surface area contributed by atoms with Crippen LogP contribution < -0.4 is 4.74 Å². The summed E-state index contributed by atoms with van der Waals surface area (Å²) in [6.45, 7) is 6.38. The van der Waals surface area contributed by atoms with Gasteiger partial charge in [0.05, 0.1) is 23.0 Å². The highest BCUT2D eigenvalue weighted by Crippen LogP contribution is 2.31. The van der Waals surface area contributed by atoms with Gasteiger partial charge in [-0.25, -0.2) is 14.5 Å². The first-order chi connectivity index (χ1) is 15.1. The molecular weight excluding hydrogens is 416 g/mol. The zero-order chi connectivity index (χ0) is 21.6. The molecule has 3 heterocycles. The molecule has 10 heteroatoms. The van der Waals surface area contributed by atoms with E-state index in [9.17, 15) is 4.79 Å². The average Bonchev–Trinajstić information content (AvgIpc) is 3.49. The highest BCUT2D eigenvalue weighted by molar-refractivity contribution is 7.09. The fourth-order valence-corrected chi connectivity index (χ4v) is 4.32. The fraction of sp³-hybridized carbons (Fsp3) is 0.476. The second-order valence-electron chi connectivity index (χ2n) is 7.95. The third kappa shape index (κ3) is 5.57. The molecule has 0 spiro atoms. The van der Waals surface area contributed by atoms with Gasteiger partial charge in [-0.1, -0.05) is 13.8 Å². The molecule has 9 nitrogen and oxygen atoms in total. The summed E-state index contributed by atoms with van der Waals surface area (Å²) in [7, 11) is 0. The van der Waals surface area contributed by atoms with Gasteiger partial charge in [0.2, 0.25) is 0 Å². The normalized spacial score (nSPS) is 14.7. The van der Waals surface area contributed by atoms with Crippen LogP contribution in [0.15, 0.2) is 36.0 Å². The van der Waals surface area contributed by atoms with E-state index in [1.54, 1.807) is 27.2 Å². The SMILES string of the molecule is CC(C)COC(=O)N1CCC(c2nc(COc3ccc(-n4cnnn4)cc3)cs2)CC1. The molecule has 1 aromatic carbocycles. The number of nitrogens with zero attached hydrogens (tertiary/aromatic N) is 6. The molecule has 0 saturated carbocycles. The number of ether oxygens (including phenoxy) is 2. The number of carbonyl (C=O) groups is 1. The van der Waals surface area contributed by atoms with Crippen molar-refractivity contribution in [1.82, 2.24) is 30.1 Å². The Kier molecular flexibility index (Phi) is 6.76. The van der Waals surface area contributed by atoms with Gasteiger partial charge in [0.25, 0.3) is 0 Å². The molecular formula is C21H26N6O3S. The van der Waals surface area contributed by atoms with E-state index in [4.69, 9.17) is 14.5 Å². The number of hydrogen-bond donors (Lipinski definition) is 0. The lowest BCUT2D eigenvalue weighted by atomic mass is 9.98. The van der Waals surface area contributed by atoms with Crippen molar-refractivity contribution in [3.63, 3.8) is 0 Å². The summed E-state index contributed by atoms with van der Waals surface area (Å²) in [4.78, 5) is 18.7. The lowest BCUT2D eigenvalue weighted by Crippen LogP contribution is -2.38. The molecule has 2 aromatic heterocycles. The topological polar surface area (TPSA) is 95.3 Å². The molecule has 0 aliphatic carbocycles.